The molecule has 2 saturated heterocycles. The highest BCUT2D eigenvalue weighted by Crippen LogP contribution is 2.42. The molecule has 37 heavy (non-hydrogen) atoms. The average molecular weight is 518 g/mol. The van der Waals surface area contributed by atoms with Crippen LogP contribution in [-0.4, -0.2) is 74.5 Å². The van der Waals surface area contributed by atoms with Crippen molar-refractivity contribution in [2.24, 2.45) is 0 Å². The van der Waals surface area contributed by atoms with Crippen LogP contribution >= 0.6 is 0 Å². The number of anilines is 3. The molecule has 5 heterocycles. The fraction of sp³-hybridized carbons (Fsp3) is 0.458. The fourth-order valence-corrected chi connectivity index (χ4v) is 4.33. The van der Waals surface area contributed by atoms with Crippen molar-refractivity contribution in [3.63, 3.8) is 0 Å². The summed E-state index contributed by atoms with van der Waals surface area (Å²) in [4.78, 5) is 33.7. The van der Waals surface area contributed by atoms with E-state index in [4.69, 9.17) is 9.72 Å². The van der Waals surface area contributed by atoms with Crippen molar-refractivity contribution in [3.05, 3.63) is 36.8 Å². The maximum Gasteiger partial charge on any atom is 0.422 e. The van der Waals surface area contributed by atoms with E-state index < -0.39 is 18.4 Å². The Labute approximate surface area is 210 Å². The normalized spacial score (nSPS) is 16.8. The van der Waals surface area contributed by atoms with E-state index in [1.807, 2.05) is 32.9 Å². The van der Waals surface area contributed by atoms with E-state index in [1.165, 1.54) is 24.7 Å². The number of carbonyl (C=O) groups is 1. The Morgan fingerprint density at radius 1 is 1.11 bits per heavy atom. The number of halogens is 3. The number of fused-ring (bicyclic) bond motifs is 1. The number of likely N-dealkylation sites (tertiary alicyclic amines) is 1. The van der Waals surface area contributed by atoms with Crippen LogP contribution in [0.25, 0.3) is 11.0 Å². The van der Waals surface area contributed by atoms with Crippen LogP contribution in [0.3, 0.4) is 0 Å². The first kappa shape index (κ1) is 24.8. The maximum absolute atomic E-state index is 12.6. The standard InChI is InChI=1S/C24H26F3N7O3/c1-22(2,3)37-21(35)34-9-8-23(34)11-33(12-23)17-6-5-16-19(32-17)20(30-14-29-16)31-15-4-7-18(28-10-15)36-13-24(25,26)27/h4-7,10,14H,8-9,11-13H2,1-3H3,(H,29,30,31). The van der Waals surface area contributed by atoms with Gasteiger partial charge in [-0.2, -0.15) is 13.2 Å². The monoisotopic (exact) mass is 517 g/mol. The summed E-state index contributed by atoms with van der Waals surface area (Å²) in [6.45, 7) is 6.10. The van der Waals surface area contributed by atoms with Gasteiger partial charge >= 0.3 is 12.3 Å². The molecule has 0 atom stereocenters. The van der Waals surface area contributed by atoms with E-state index in [0.29, 0.717) is 42.2 Å². The molecule has 2 aliphatic rings. The Kier molecular flexibility index (Phi) is 5.95. The van der Waals surface area contributed by atoms with E-state index >= 15 is 0 Å². The SMILES string of the molecule is CC(C)(C)OC(=O)N1CCC12CN(c1ccc3ncnc(Nc4ccc(OCC(F)(F)F)nc4)c3n1)C2. The molecular weight excluding hydrogens is 491 g/mol. The predicted molar refractivity (Wildman–Crippen MR) is 129 cm³/mol. The molecule has 13 heteroatoms. The molecule has 196 valence electrons. The number of hydrogen-bond donors (Lipinski definition) is 1. The number of rotatable bonds is 5. The number of nitrogens with one attached hydrogen (secondary N) is 1. The Hall–Kier alpha value is -3.90. The van der Waals surface area contributed by atoms with Crippen molar-refractivity contribution in [3.8, 4) is 5.88 Å². The molecule has 1 N–H and O–H groups in total. The van der Waals surface area contributed by atoms with Crippen molar-refractivity contribution in [1.29, 1.82) is 0 Å². The maximum atomic E-state index is 12.6. The van der Waals surface area contributed by atoms with Crippen molar-refractivity contribution in [2.75, 3.05) is 36.5 Å². The van der Waals surface area contributed by atoms with Crippen LogP contribution in [-0.2, 0) is 4.74 Å². The summed E-state index contributed by atoms with van der Waals surface area (Å²) in [6, 6.07) is 6.59. The van der Waals surface area contributed by atoms with Gasteiger partial charge in [-0.1, -0.05) is 0 Å². The second kappa shape index (κ2) is 8.89. The molecule has 1 amide bonds. The van der Waals surface area contributed by atoms with Gasteiger partial charge in [-0.25, -0.2) is 24.7 Å². The molecule has 10 nitrogen and oxygen atoms in total. The highest BCUT2D eigenvalue weighted by molar-refractivity contribution is 5.88. The lowest BCUT2D eigenvalue weighted by Gasteiger charge is -2.62. The quantitative estimate of drug-likeness (QED) is 0.530. The highest BCUT2D eigenvalue weighted by atomic mass is 19.4. The Morgan fingerprint density at radius 3 is 2.51 bits per heavy atom. The molecule has 0 radical (unpaired) electrons. The van der Waals surface area contributed by atoms with Crippen LogP contribution in [0, 0.1) is 0 Å². The molecule has 3 aromatic heterocycles. The van der Waals surface area contributed by atoms with Gasteiger partial charge in [0.15, 0.2) is 12.4 Å². The third kappa shape index (κ3) is 5.30. The van der Waals surface area contributed by atoms with Crippen molar-refractivity contribution >= 4 is 34.4 Å². The minimum Gasteiger partial charge on any atom is -0.468 e. The van der Waals surface area contributed by atoms with Gasteiger partial charge in [0.1, 0.15) is 23.3 Å². The molecular formula is C24H26F3N7O3. The molecule has 0 unspecified atom stereocenters. The summed E-state index contributed by atoms with van der Waals surface area (Å²) in [5.74, 6) is 1.01. The Morgan fingerprint density at radius 2 is 1.89 bits per heavy atom. The van der Waals surface area contributed by atoms with Gasteiger partial charge in [-0.3, -0.25) is 4.90 Å². The average Bonchev–Trinajstić information content (AvgIpc) is 2.75. The number of ether oxygens (including phenoxy) is 2. The van der Waals surface area contributed by atoms with Crippen LogP contribution in [0.4, 0.5) is 35.3 Å². The Bertz CT molecular complexity index is 1310. The third-order valence-corrected chi connectivity index (χ3v) is 6.13. The van der Waals surface area contributed by atoms with Gasteiger partial charge in [0.05, 0.1) is 22.9 Å². The molecule has 2 aliphatic heterocycles. The topological polar surface area (TPSA) is 106 Å². The second-order valence-electron chi connectivity index (χ2n) is 10.1. The summed E-state index contributed by atoms with van der Waals surface area (Å²) < 4.78 is 47.2. The van der Waals surface area contributed by atoms with Crippen molar-refractivity contribution < 1.29 is 27.4 Å². The fourth-order valence-electron chi connectivity index (χ4n) is 4.33. The van der Waals surface area contributed by atoms with Crippen LogP contribution < -0.4 is 15.0 Å². The first-order chi connectivity index (χ1) is 17.4. The van der Waals surface area contributed by atoms with Gasteiger partial charge in [0, 0.05) is 25.7 Å². The number of nitrogens with zero attached hydrogens (tertiary/aromatic N) is 6. The molecule has 0 saturated carbocycles. The van der Waals surface area contributed by atoms with E-state index in [9.17, 15) is 18.0 Å². The van der Waals surface area contributed by atoms with E-state index in [0.717, 1.165) is 12.2 Å². The van der Waals surface area contributed by atoms with E-state index in [2.05, 4.69) is 29.9 Å². The largest absolute Gasteiger partial charge is 0.468 e. The molecule has 0 aromatic carbocycles. The summed E-state index contributed by atoms with van der Waals surface area (Å²) in [5, 5.41) is 3.09. The zero-order valence-electron chi connectivity index (χ0n) is 20.5. The van der Waals surface area contributed by atoms with Crippen LogP contribution in [0.5, 0.6) is 5.88 Å². The van der Waals surface area contributed by atoms with Gasteiger partial charge in [0.25, 0.3) is 0 Å². The molecule has 5 rings (SSSR count). The van der Waals surface area contributed by atoms with Crippen LogP contribution in [0.15, 0.2) is 36.8 Å². The molecule has 3 aromatic rings. The molecule has 1 spiro atoms. The second-order valence-corrected chi connectivity index (χ2v) is 10.1. The molecule has 0 bridgehead atoms. The van der Waals surface area contributed by atoms with Crippen molar-refractivity contribution in [1.82, 2.24) is 24.8 Å². The van der Waals surface area contributed by atoms with E-state index in [1.54, 1.807) is 4.90 Å². The smallest absolute Gasteiger partial charge is 0.422 e. The first-order valence-electron chi connectivity index (χ1n) is 11.7. The number of pyridine rings is 2. The summed E-state index contributed by atoms with van der Waals surface area (Å²) in [7, 11) is 0. The number of aromatic nitrogens is 4. The minimum absolute atomic E-state index is 0.140. The minimum atomic E-state index is -4.44. The number of alkyl halides is 3. The lowest BCUT2D eigenvalue weighted by Crippen LogP contribution is -2.78. The highest BCUT2D eigenvalue weighted by Gasteiger charge is 2.56. The summed E-state index contributed by atoms with van der Waals surface area (Å²) >= 11 is 0. The van der Waals surface area contributed by atoms with E-state index in [-0.39, 0.29) is 17.5 Å². The van der Waals surface area contributed by atoms with Gasteiger partial charge in [-0.15, -0.1) is 0 Å². The van der Waals surface area contributed by atoms with Gasteiger partial charge < -0.3 is 19.7 Å². The number of amides is 1. The van der Waals surface area contributed by atoms with Gasteiger partial charge in [-0.05, 0) is 45.4 Å². The zero-order valence-corrected chi connectivity index (χ0v) is 20.5. The van der Waals surface area contributed by atoms with Crippen molar-refractivity contribution in [2.45, 2.75) is 44.5 Å². The van der Waals surface area contributed by atoms with Gasteiger partial charge in [0.2, 0.25) is 5.88 Å². The number of carbonyl (C=O) groups excluding carboxylic acids is 1. The summed E-state index contributed by atoms with van der Waals surface area (Å²) in [5.41, 5.74) is 0.850. The molecule has 0 aliphatic carbocycles. The lowest BCUT2D eigenvalue weighted by atomic mass is 9.78. The van der Waals surface area contributed by atoms with Crippen LogP contribution in [0.1, 0.15) is 27.2 Å². The number of hydrogen-bond acceptors (Lipinski definition) is 9. The Balaban J connectivity index is 1.28. The van der Waals surface area contributed by atoms with Crippen LogP contribution in [0.2, 0.25) is 0 Å². The predicted octanol–water partition coefficient (Wildman–Crippen LogP) is 4.30. The lowest BCUT2D eigenvalue weighted by molar-refractivity contribution is -0.154. The first-order valence-corrected chi connectivity index (χ1v) is 11.7. The molecule has 2 fully saturated rings. The zero-order chi connectivity index (χ0) is 26.4. The third-order valence-electron chi connectivity index (χ3n) is 6.13. The summed E-state index contributed by atoms with van der Waals surface area (Å²) in [6.07, 6.45) is -1.09.